The summed E-state index contributed by atoms with van der Waals surface area (Å²) in [6, 6.07) is 15.6. The molecule has 0 spiro atoms. The lowest BCUT2D eigenvalue weighted by molar-refractivity contribution is 0.588. The van der Waals surface area contributed by atoms with Gasteiger partial charge in [0.15, 0.2) is 0 Å². The predicted octanol–water partition coefficient (Wildman–Crippen LogP) is 5.68. The van der Waals surface area contributed by atoms with Crippen LogP contribution in [-0.2, 0) is 0 Å². The van der Waals surface area contributed by atoms with Gasteiger partial charge in [-0.15, -0.1) is 0 Å². The summed E-state index contributed by atoms with van der Waals surface area (Å²) >= 11 is 0. The second-order valence-corrected chi connectivity index (χ2v) is 6.98. The number of para-hydroxylation sites is 2. The molecule has 0 N–H and O–H groups in total. The van der Waals surface area contributed by atoms with E-state index in [9.17, 15) is 0 Å². The largest absolute Gasteiger partial charge is 0.314 e. The first-order chi connectivity index (χ1) is 11.6. The first kappa shape index (κ1) is 15.0. The van der Waals surface area contributed by atoms with E-state index in [1.165, 1.54) is 27.4 Å². The zero-order valence-corrected chi connectivity index (χ0v) is 14.7. The van der Waals surface area contributed by atoms with Crippen LogP contribution in [0.25, 0.3) is 27.8 Å². The van der Waals surface area contributed by atoms with Crippen LogP contribution in [0.5, 0.6) is 0 Å². The van der Waals surface area contributed by atoms with Gasteiger partial charge in [-0.3, -0.25) is 4.57 Å². The van der Waals surface area contributed by atoms with Gasteiger partial charge in [0.05, 0.1) is 11.0 Å². The van der Waals surface area contributed by atoms with Gasteiger partial charge in [-0.25, -0.2) is 4.98 Å². The molecule has 0 saturated heterocycles. The van der Waals surface area contributed by atoms with E-state index in [4.69, 9.17) is 4.98 Å². The van der Waals surface area contributed by atoms with Crippen molar-refractivity contribution < 1.29 is 0 Å². The molecule has 0 bridgehead atoms. The van der Waals surface area contributed by atoms with E-state index >= 15 is 0 Å². The minimum absolute atomic E-state index is 0.366. The molecular formula is C21H23N3. The van der Waals surface area contributed by atoms with Crippen LogP contribution < -0.4 is 0 Å². The van der Waals surface area contributed by atoms with Gasteiger partial charge in [0.2, 0.25) is 5.95 Å². The van der Waals surface area contributed by atoms with Gasteiger partial charge in [-0.1, -0.05) is 50.2 Å². The average molecular weight is 317 g/mol. The first-order valence-corrected chi connectivity index (χ1v) is 8.65. The maximum Gasteiger partial charge on any atom is 0.215 e. The molecule has 3 heteroatoms. The summed E-state index contributed by atoms with van der Waals surface area (Å²) in [4.78, 5) is 4.71. The lowest BCUT2D eigenvalue weighted by Crippen LogP contribution is -2.09. The fourth-order valence-corrected chi connectivity index (χ4v) is 3.60. The fraction of sp³-hybridized carbons (Fsp3) is 0.286. The normalized spacial score (nSPS) is 12.1. The number of aromatic nitrogens is 3. The lowest BCUT2D eigenvalue weighted by Gasteiger charge is -2.16. The molecule has 4 rings (SSSR count). The summed E-state index contributed by atoms with van der Waals surface area (Å²) < 4.78 is 4.57. The van der Waals surface area contributed by atoms with Crippen molar-refractivity contribution in [2.24, 2.45) is 0 Å². The van der Waals surface area contributed by atoms with Gasteiger partial charge in [-0.2, -0.15) is 0 Å². The van der Waals surface area contributed by atoms with Gasteiger partial charge < -0.3 is 4.57 Å². The van der Waals surface area contributed by atoms with Gasteiger partial charge in [0, 0.05) is 29.2 Å². The second-order valence-electron chi connectivity index (χ2n) is 6.98. The minimum atomic E-state index is 0.366. The van der Waals surface area contributed by atoms with Crippen molar-refractivity contribution >= 4 is 21.8 Å². The van der Waals surface area contributed by atoms with E-state index in [0.717, 1.165) is 5.95 Å². The van der Waals surface area contributed by atoms with Crippen molar-refractivity contribution in [3.8, 4) is 5.95 Å². The van der Waals surface area contributed by atoms with Crippen LogP contribution in [0.2, 0.25) is 0 Å². The molecule has 0 saturated carbocycles. The molecule has 3 nitrogen and oxygen atoms in total. The van der Waals surface area contributed by atoms with Gasteiger partial charge in [0.25, 0.3) is 0 Å². The Labute approximate surface area is 142 Å². The Kier molecular flexibility index (Phi) is 3.45. The summed E-state index contributed by atoms with van der Waals surface area (Å²) in [6.45, 7) is 8.90. The van der Waals surface area contributed by atoms with Crippen LogP contribution in [0.1, 0.15) is 45.2 Å². The van der Waals surface area contributed by atoms with Crippen molar-refractivity contribution in [2.75, 3.05) is 0 Å². The Bertz CT molecular complexity index is 1020. The Balaban J connectivity index is 2.22. The van der Waals surface area contributed by atoms with Crippen LogP contribution in [0, 0.1) is 0 Å². The fourth-order valence-electron chi connectivity index (χ4n) is 3.60. The quantitative estimate of drug-likeness (QED) is 0.476. The molecule has 0 amide bonds. The van der Waals surface area contributed by atoms with E-state index < -0.39 is 0 Å². The van der Waals surface area contributed by atoms with Gasteiger partial charge in [0.1, 0.15) is 0 Å². The number of fused-ring (bicyclic) bond motifs is 3. The molecule has 0 aliphatic rings. The third-order valence-electron chi connectivity index (χ3n) is 4.75. The summed E-state index contributed by atoms with van der Waals surface area (Å²) in [6.07, 6.45) is 3.96. The molecule has 2 aromatic carbocycles. The van der Waals surface area contributed by atoms with Crippen LogP contribution in [-0.4, -0.2) is 14.1 Å². The number of hydrogen-bond donors (Lipinski definition) is 0. The van der Waals surface area contributed by atoms with E-state index in [-0.39, 0.29) is 0 Å². The Morgan fingerprint density at radius 1 is 0.875 bits per heavy atom. The molecule has 24 heavy (non-hydrogen) atoms. The number of benzene rings is 2. The number of nitrogens with zero attached hydrogens (tertiary/aromatic N) is 3. The molecule has 0 radical (unpaired) electrons. The molecule has 122 valence electrons. The predicted molar refractivity (Wildman–Crippen MR) is 101 cm³/mol. The second kappa shape index (κ2) is 5.52. The Morgan fingerprint density at radius 3 is 2.38 bits per heavy atom. The van der Waals surface area contributed by atoms with Crippen molar-refractivity contribution in [1.29, 1.82) is 0 Å². The standard InChI is InChI=1S/C21H23N3/c1-14(2)16-9-7-10-18-17-8-5-6-11-19(17)24(20(16)18)21-22-12-13-23(21)15(3)4/h5-15H,1-4H3. The van der Waals surface area contributed by atoms with Gasteiger partial charge in [-0.05, 0) is 31.4 Å². The molecule has 2 heterocycles. The SMILES string of the molecule is CC(C)c1cccc2c3ccccc3n(-c3nccn3C(C)C)c12. The molecule has 0 aliphatic carbocycles. The maximum atomic E-state index is 4.71. The highest BCUT2D eigenvalue weighted by Crippen LogP contribution is 2.36. The molecule has 0 unspecified atom stereocenters. The first-order valence-electron chi connectivity index (χ1n) is 8.65. The minimum Gasteiger partial charge on any atom is -0.314 e. The topological polar surface area (TPSA) is 22.8 Å². The molecule has 0 atom stereocenters. The van der Waals surface area contributed by atoms with E-state index in [0.29, 0.717) is 12.0 Å². The third kappa shape index (κ3) is 2.08. The number of hydrogen-bond acceptors (Lipinski definition) is 1. The smallest absolute Gasteiger partial charge is 0.215 e. The molecule has 2 aromatic heterocycles. The molecule has 0 fully saturated rings. The lowest BCUT2D eigenvalue weighted by atomic mass is 10.00. The van der Waals surface area contributed by atoms with Crippen molar-refractivity contribution in [3.05, 3.63) is 60.4 Å². The monoisotopic (exact) mass is 317 g/mol. The number of rotatable bonds is 3. The maximum absolute atomic E-state index is 4.71. The number of imidazole rings is 1. The summed E-state index contributed by atoms with van der Waals surface area (Å²) in [5.41, 5.74) is 3.86. The highest BCUT2D eigenvalue weighted by atomic mass is 15.2. The summed E-state index contributed by atoms with van der Waals surface area (Å²) in [5, 5.41) is 2.59. The average Bonchev–Trinajstić information content (AvgIpc) is 3.16. The molecule has 4 aromatic rings. The Hall–Kier alpha value is -2.55. The third-order valence-corrected chi connectivity index (χ3v) is 4.75. The van der Waals surface area contributed by atoms with Crippen molar-refractivity contribution in [3.63, 3.8) is 0 Å². The van der Waals surface area contributed by atoms with Crippen molar-refractivity contribution in [1.82, 2.24) is 14.1 Å². The highest BCUT2D eigenvalue weighted by Gasteiger charge is 2.19. The Morgan fingerprint density at radius 2 is 1.62 bits per heavy atom. The van der Waals surface area contributed by atoms with Crippen LogP contribution in [0.15, 0.2) is 54.9 Å². The molecule has 0 aliphatic heterocycles. The zero-order chi connectivity index (χ0) is 16.8. The van der Waals surface area contributed by atoms with Crippen LogP contribution in [0.3, 0.4) is 0 Å². The summed E-state index contributed by atoms with van der Waals surface area (Å²) in [7, 11) is 0. The van der Waals surface area contributed by atoms with Crippen LogP contribution >= 0.6 is 0 Å². The highest BCUT2D eigenvalue weighted by molar-refractivity contribution is 6.10. The van der Waals surface area contributed by atoms with Gasteiger partial charge >= 0.3 is 0 Å². The summed E-state index contributed by atoms with van der Waals surface area (Å²) in [5.74, 6) is 1.45. The van der Waals surface area contributed by atoms with Crippen LogP contribution in [0.4, 0.5) is 0 Å². The van der Waals surface area contributed by atoms with Crippen molar-refractivity contribution in [2.45, 2.75) is 39.7 Å². The van der Waals surface area contributed by atoms with E-state index in [2.05, 4.69) is 85.5 Å². The van der Waals surface area contributed by atoms with E-state index in [1.54, 1.807) is 0 Å². The molecular weight excluding hydrogens is 294 g/mol. The van der Waals surface area contributed by atoms with E-state index in [1.807, 2.05) is 6.20 Å². The zero-order valence-electron chi connectivity index (χ0n) is 14.7.